The quantitative estimate of drug-likeness (QED) is 0.909. The van der Waals surface area contributed by atoms with Crippen LogP contribution in [0.15, 0.2) is 24.3 Å². The van der Waals surface area contributed by atoms with Gasteiger partial charge in [0.2, 0.25) is 5.91 Å². The van der Waals surface area contributed by atoms with Crippen molar-refractivity contribution in [3.05, 3.63) is 24.3 Å². The standard InChI is InChI=1S/C15H20N2O3/c1-11(17-9-7-12(18)8-10-17)15(19)16-13-5-3-4-6-14(13)20-2/h3-6,11H,7-10H2,1-2H3,(H,16,19). The van der Waals surface area contributed by atoms with Gasteiger partial charge in [-0.3, -0.25) is 14.5 Å². The minimum Gasteiger partial charge on any atom is -0.495 e. The summed E-state index contributed by atoms with van der Waals surface area (Å²) < 4.78 is 5.21. The van der Waals surface area contributed by atoms with E-state index in [1.54, 1.807) is 13.2 Å². The van der Waals surface area contributed by atoms with Crippen molar-refractivity contribution in [1.29, 1.82) is 0 Å². The van der Waals surface area contributed by atoms with E-state index in [-0.39, 0.29) is 17.7 Å². The first-order valence-corrected chi connectivity index (χ1v) is 6.81. The number of hydrogen-bond acceptors (Lipinski definition) is 4. The number of amides is 1. The number of methoxy groups -OCH3 is 1. The van der Waals surface area contributed by atoms with Crippen LogP contribution in [0.25, 0.3) is 0 Å². The van der Waals surface area contributed by atoms with Gasteiger partial charge >= 0.3 is 0 Å². The number of para-hydroxylation sites is 2. The average Bonchev–Trinajstić information content (AvgIpc) is 2.48. The van der Waals surface area contributed by atoms with Crippen LogP contribution in [0.2, 0.25) is 0 Å². The Morgan fingerprint density at radius 3 is 2.60 bits per heavy atom. The number of carbonyl (C=O) groups excluding carboxylic acids is 2. The lowest BCUT2D eigenvalue weighted by Gasteiger charge is -2.30. The number of ether oxygens (including phenoxy) is 1. The maximum absolute atomic E-state index is 12.3. The highest BCUT2D eigenvalue weighted by Gasteiger charge is 2.25. The molecule has 1 unspecified atom stereocenters. The number of ketones is 1. The second-order valence-electron chi connectivity index (χ2n) is 4.94. The van der Waals surface area contributed by atoms with Gasteiger partial charge in [0, 0.05) is 25.9 Å². The molecule has 1 aliphatic rings. The number of rotatable bonds is 4. The summed E-state index contributed by atoms with van der Waals surface area (Å²) in [6, 6.07) is 7.06. The summed E-state index contributed by atoms with van der Waals surface area (Å²) in [5, 5.41) is 2.88. The Labute approximate surface area is 118 Å². The van der Waals surface area contributed by atoms with Crippen molar-refractivity contribution in [1.82, 2.24) is 4.90 Å². The second kappa shape index (κ2) is 6.52. The summed E-state index contributed by atoms with van der Waals surface area (Å²) in [7, 11) is 1.57. The Morgan fingerprint density at radius 1 is 1.30 bits per heavy atom. The van der Waals surface area contributed by atoms with Gasteiger partial charge in [-0.25, -0.2) is 0 Å². The molecule has 1 atom stereocenters. The average molecular weight is 276 g/mol. The van der Waals surface area contributed by atoms with Crippen LogP contribution in [0.4, 0.5) is 5.69 Å². The number of hydrogen-bond donors (Lipinski definition) is 1. The van der Waals surface area contributed by atoms with Gasteiger partial charge in [-0.05, 0) is 19.1 Å². The third-order valence-corrected chi connectivity index (χ3v) is 3.65. The highest BCUT2D eigenvalue weighted by molar-refractivity contribution is 5.96. The lowest BCUT2D eigenvalue weighted by atomic mass is 10.1. The Bertz CT molecular complexity index is 492. The van der Waals surface area contributed by atoms with Crippen LogP contribution in [0.3, 0.4) is 0 Å². The van der Waals surface area contributed by atoms with Gasteiger partial charge in [-0.15, -0.1) is 0 Å². The highest BCUT2D eigenvalue weighted by Crippen LogP contribution is 2.23. The van der Waals surface area contributed by atoms with E-state index in [0.717, 1.165) is 0 Å². The van der Waals surface area contributed by atoms with Crippen LogP contribution in [-0.2, 0) is 9.59 Å². The number of likely N-dealkylation sites (tertiary alicyclic amines) is 1. The van der Waals surface area contributed by atoms with Gasteiger partial charge in [0.25, 0.3) is 0 Å². The van der Waals surface area contributed by atoms with Crippen molar-refractivity contribution in [3.63, 3.8) is 0 Å². The molecule has 0 bridgehead atoms. The molecule has 0 saturated carbocycles. The first kappa shape index (κ1) is 14.5. The van der Waals surface area contributed by atoms with Crippen LogP contribution in [-0.4, -0.2) is 42.8 Å². The van der Waals surface area contributed by atoms with E-state index in [9.17, 15) is 9.59 Å². The molecule has 108 valence electrons. The van der Waals surface area contributed by atoms with E-state index < -0.39 is 0 Å². The third-order valence-electron chi connectivity index (χ3n) is 3.65. The summed E-state index contributed by atoms with van der Waals surface area (Å²) in [5.41, 5.74) is 0.667. The Morgan fingerprint density at radius 2 is 1.95 bits per heavy atom. The Balaban J connectivity index is 1.98. The predicted molar refractivity (Wildman–Crippen MR) is 76.9 cm³/mol. The van der Waals surface area contributed by atoms with Crippen molar-refractivity contribution in [2.24, 2.45) is 0 Å². The number of benzene rings is 1. The minimum atomic E-state index is -0.256. The SMILES string of the molecule is COc1ccccc1NC(=O)C(C)N1CCC(=O)CC1. The number of nitrogens with one attached hydrogen (secondary N) is 1. The van der Waals surface area contributed by atoms with Crippen molar-refractivity contribution in [3.8, 4) is 5.75 Å². The zero-order valence-electron chi connectivity index (χ0n) is 11.9. The predicted octanol–water partition coefficient (Wildman–Crippen LogP) is 1.69. The monoisotopic (exact) mass is 276 g/mol. The summed E-state index contributed by atoms with van der Waals surface area (Å²) in [5.74, 6) is 0.837. The summed E-state index contributed by atoms with van der Waals surface area (Å²) in [4.78, 5) is 25.5. The van der Waals surface area contributed by atoms with E-state index in [1.165, 1.54) is 0 Å². The summed E-state index contributed by atoms with van der Waals surface area (Å²) in [6.07, 6.45) is 1.07. The van der Waals surface area contributed by atoms with Crippen LogP contribution in [0, 0.1) is 0 Å². The molecule has 1 aromatic rings. The molecular weight excluding hydrogens is 256 g/mol. The molecule has 5 nitrogen and oxygen atoms in total. The number of carbonyl (C=O) groups is 2. The van der Waals surface area contributed by atoms with E-state index in [2.05, 4.69) is 5.32 Å². The van der Waals surface area contributed by atoms with Crippen LogP contribution in [0.5, 0.6) is 5.75 Å². The molecule has 0 aromatic heterocycles. The number of Topliss-reactive ketones (excluding diaryl/α,β-unsaturated/α-hetero) is 1. The molecule has 0 aliphatic carbocycles. The maximum Gasteiger partial charge on any atom is 0.241 e. The van der Waals surface area contributed by atoms with Crippen molar-refractivity contribution in [2.75, 3.05) is 25.5 Å². The van der Waals surface area contributed by atoms with Crippen molar-refractivity contribution < 1.29 is 14.3 Å². The van der Waals surface area contributed by atoms with Gasteiger partial charge in [-0.2, -0.15) is 0 Å². The van der Waals surface area contributed by atoms with Crippen molar-refractivity contribution in [2.45, 2.75) is 25.8 Å². The smallest absolute Gasteiger partial charge is 0.241 e. The van der Waals surface area contributed by atoms with E-state index in [0.29, 0.717) is 37.4 Å². The fourth-order valence-corrected chi connectivity index (χ4v) is 2.31. The number of piperidine rings is 1. The normalized spacial score (nSPS) is 17.6. The molecular formula is C15H20N2O3. The third kappa shape index (κ3) is 3.36. The molecule has 5 heteroatoms. The zero-order chi connectivity index (χ0) is 14.5. The Hall–Kier alpha value is -1.88. The lowest BCUT2D eigenvalue weighted by Crippen LogP contribution is -2.46. The van der Waals surface area contributed by atoms with Crippen LogP contribution < -0.4 is 10.1 Å². The molecule has 1 aromatic carbocycles. The molecule has 20 heavy (non-hydrogen) atoms. The molecule has 1 aliphatic heterocycles. The Kier molecular flexibility index (Phi) is 4.74. The summed E-state index contributed by atoms with van der Waals surface area (Å²) >= 11 is 0. The first-order chi connectivity index (χ1) is 9.61. The minimum absolute atomic E-state index is 0.0798. The van der Waals surface area contributed by atoms with E-state index in [1.807, 2.05) is 30.0 Å². The lowest BCUT2D eigenvalue weighted by molar-refractivity contribution is -0.126. The molecule has 1 saturated heterocycles. The van der Waals surface area contributed by atoms with Gasteiger partial charge in [0.05, 0.1) is 18.8 Å². The fraction of sp³-hybridized carbons (Fsp3) is 0.467. The van der Waals surface area contributed by atoms with Gasteiger partial charge in [0.15, 0.2) is 0 Å². The van der Waals surface area contributed by atoms with Gasteiger partial charge in [0.1, 0.15) is 11.5 Å². The summed E-state index contributed by atoms with van der Waals surface area (Å²) in [6.45, 7) is 3.17. The maximum atomic E-state index is 12.3. The largest absolute Gasteiger partial charge is 0.495 e. The molecule has 0 spiro atoms. The zero-order valence-corrected chi connectivity index (χ0v) is 11.9. The number of anilines is 1. The molecule has 2 rings (SSSR count). The molecule has 1 heterocycles. The van der Waals surface area contributed by atoms with Gasteiger partial charge in [-0.1, -0.05) is 12.1 Å². The topological polar surface area (TPSA) is 58.6 Å². The molecule has 1 amide bonds. The number of nitrogens with zero attached hydrogens (tertiary/aromatic N) is 1. The second-order valence-corrected chi connectivity index (χ2v) is 4.94. The van der Waals surface area contributed by atoms with Crippen LogP contribution in [0.1, 0.15) is 19.8 Å². The van der Waals surface area contributed by atoms with E-state index >= 15 is 0 Å². The first-order valence-electron chi connectivity index (χ1n) is 6.81. The fourth-order valence-electron chi connectivity index (χ4n) is 2.31. The highest BCUT2D eigenvalue weighted by atomic mass is 16.5. The van der Waals surface area contributed by atoms with E-state index in [4.69, 9.17) is 4.74 Å². The molecule has 1 fully saturated rings. The molecule has 1 N–H and O–H groups in total. The van der Waals surface area contributed by atoms with Crippen LogP contribution >= 0.6 is 0 Å². The van der Waals surface area contributed by atoms with Crippen molar-refractivity contribution >= 4 is 17.4 Å². The molecule has 0 radical (unpaired) electrons. The van der Waals surface area contributed by atoms with Gasteiger partial charge < -0.3 is 10.1 Å².